The molecule has 102 valence electrons. The molecule has 0 radical (unpaired) electrons. The fourth-order valence-electron chi connectivity index (χ4n) is 1.70. The van der Waals surface area contributed by atoms with Crippen LogP contribution in [0.3, 0.4) is 0 Å². The summed E-state index contributed by atoms with van der Waals surface area (Å²) in [6, 6.07) is 2.46. The molecule has 3 nitrogen and oxygen atoms in total. The highest BCUT2D eigenvalue weighted by molar-refractivity contribution is 9.10. The van der Waals surface area contributed by atoms with Crippen LogP contribution >= 0.6 is 15.9 Å². The van der Waals surface area contributed by atoms with Crippen LogP contribution in [0, 0.1) is 11.6 Å². The van der Waals surface area contributed by atoms with Crippen molar-refractivity contribution >= 4 is 15.9 Å². The monoisotopic (exact) mass is 330 g/mol. The van der Waals surface area contributed by atoms with Gasteiger partial charge in [-0.1, -0.05) is 22.9 Å². The van der Waals surface area contributed by atoms with Gasteiger partial charge in [-0.25, -0.2) is 9.37 Å². The highest BCUT2D eigenvalue weighted by atomic mass is 79.9. The molecule has 0 bridgehead atoms. The standard InChI is InChI=1S/C13H13BrF2N2O/c1-2-3-18-8-17-6-10(18)7-19-12-5-9(14)4-11(15)13(12)16/h4-6,8H,2-3,7H2,1H3. The maximum absolute atomic E-state index is 13.5. The number of hydrogen-bond donors (Lipinski definition) is 0. The van der Waals surface area contributed by atoms with E-state index in [0.717, 1.165) is 24.7 Å². The number of ether oxygens (including phenoxy) is 1. The summed E-state index contributed by atoms with van der Waals surface area (Å²) in [4.78, 5) is 4.02. The minimum atomic E-state index is -0.982. The maximum Gasteiger partial charge on any atom is 0.200 e. The Balaban J connectivity index is 2.12. The Kier molecular flexibility index (Phi) is 4.52. The zero-order chi connectivity index (χ0) is 13.8. The molecule has 2 aromatic rings. The Morgan fingerprint density at radius 3 is 2.89 bits per heavy atom. The van der Waals surface area contributed by atoms with Crippen LogP contribution in [0.2, 0.25) is 0 Å². The second kappa shape index (κ2) is 6.14. The van der Waals surface area contributed by atoms with E-state index < -0.39 is 11.6 Å². The van der Waals surface area contributed by atoms with Crippen LogP contribution in [0.1, 0.15) is 19.0 Å². The maximum atomic E-state index is 13.5. The molecule has 0 aliphatic carbocycles. The van der Waals surface area contributed by atoms with Gasteiger partial charge in [0.25, 0.3) is 0 Å². The van der Waals surface area contributed by atoms with Crippen LogP contribution < -0.4 is 4.74 Å². The SMILES string of the molecule is CCCn1cncc1COc1cc(Br)cc(F)c1F. The van der Waals surface area contributed by atoms with Crippen molar-refractivity contribution in [2.45, 2.75) is 26.5 Å². The highest BCUT2D eigenvalue weighted by Gasteiger charge is 2.12. The number of aryl methyl sites for hydroxylation is 1. The van der Waals surface area contributed by atoms with Crippen molar-refractivity contribution in [2.24, 2.45) is 0 Å². The number of rotatable bonds is 5. The number of hydrogen-bond acceptors (Lipinski definition) is 2. The average Bonchev–Trinajstić information content (AvgIpc) is 2.80. The number of aromatic nitrogens is 2. The summed E-state index contributed by atoms with van der Waals surface area (Å²) in [6.07, 6.45) is 4.31. The van der Waals surface area contributed by atoms with Crippen LogP contribution in [-0.4, -0.2) is 9.55 Å². The van der Waals surface area contributed by atoms with Crippen molar-refractivity contribution in [1.82, 2.24) is 9.55 Å². The summed E-state index contributed by atoms with van der Waals surface area (Å²) in [7, 11) is 0. The van der Waals surface area contributed by atoms with Gasteiger partial charge < -0.3 is 9.30 Å². The van der Waals surface area contributed by atoms with Gasteiger partial charge >= 0.3 is 0 Å². The Hall–Kier alpha value is -1.43. The molecular weight excluding hydrogens is 318 g/mol. The zero-order valence-corrected chi connectivity index (χ0v) is 12.0. The fourth-order valence-corrected chi connectivity index (χ4v) is 2.11. The van der Waals surface area contributed by atoms with E-state index in [1.165, 1.54) is 6.07 Å². The van der Waals surface area contributed by atoms with E-state index in [2.05, 4.69) is 20.9 Å². The lowest BCUT2D eigenvalue weighted by Gasteiger charge is -2.10. The smallest absolute Gasteiger partial charge is 0.200 e. The first-order valence-electron chi connectivity index (χ1n) is 5.88. The number of halogens is 3. The summed E-state index contributed by atoms with van der Waals surface area (Å²) in [5.41, 5.74) is 0.821. The van der Waals surface area contributed by atoms with Crippen LogP contribution in [0.15, 0.2) is 29.1 Å². The van der Waals surface area contributed by atoms with Crippen LogP contribution in [-0.2, 0) is 13.2 Å². The number of imidazole rings is 1. The third-order valence-corrected chi connectivity index (χ3v) is 3.06. The lowest BCUT2D eigenvalue weighted by atomic mass is 10.3. The summed E-state index contributed by atoms with van der Waals surface area (Å²) in [6.45, 7) is 3.01. The normalized spacial score (nSPS) is 10.7. The van der Waals surface area contributed by atoms with Crippen molar-refractivity contribution in [3.05, 3.63) is 46.5 Å². The van der Waals surface area contributed by atoms with E-state index >= 15 is 0 Å². The molecule has 0 N–H and O–H groups in total. The number of benzene rings is 1. The van der Waals surface area contributed by atoms with Gasteiger partial charge in [-0.3, -0.25) is 0 Å². The third-order valence-electron chi connectivity index (χ3n) is 2.60. The summed E-state index contributed by atoms with van der Waals surface area (Å²) >= 11 is 3.10. The van der Waals surface area contributed by atoms with Gasteiger partial charge in [0.05, 0.1) is 18.2 Å². The molecule has 0 spiro atoms. The Labute approximate surface area is 118 Å². The first kappa shape index (κ1) is 14.0. The lowest BCUT2D eigenvalue weighted by Crippen LogP contribution is -2.06. The van der Waals surface area contributed by atoms with Gasteiger partial charge in [-0.05, 0) is 18.6 Å². The van der Waals surface area contributed by atoms with Gasteiger partial charge in [0, 0.05) is 11.0 Å². The average molecular weight is 331 g/mol. The fraction of sp³-hybridized carbons (Fsp3) is 0.308. The predicted octanol–water partition coefficient (Wildman–Crippen LogP) is 3.91. The zero-order valence-electron chi connectivity index (χ0n) is 10.4. The van der Waals surface area contributed by atoms with E-state index in [9.17, 15) is 8.78 Å². The molecular formula is C13H13BrF2N2O. The van der Waals surface area contributed by atoms with Crippen molar-refractivity contribution in [1.29, 1.82) is 0 Å². The Bertz CT molecular complexity index is 572. The van der Waals surface area contributed by atoms with Crippen LogP contribution in [0.4, 0.5) is 8.78 Å². The van der Waals surface area contributed by atoms with E-state index in [1.807, 2.05) is 11.5 Å². The first-order valence-corrected chi connectivity index (χ1v) is 6.67. The van der Waals surface area contributed by atoms with Crippen molar-refractivity contribution in [3.63, 3.8) is 0 Å². The molecule has 0 saturated carbocycles. The molecule has 1 aromatic heterocycles. The van der Waals surface area contributed by atoms with E-state index in [-0.39, 0.29) is 12.4 Å². The van der Waals surface area contributed by atoms with Crippen molar-refractivity contribution in [3.8, 4) is 5.75 Å². The van der Waals surface area contributed by atoms with Crippen molar-refractivity contribution < 1.29 is 13.5 Å². The predicted molar refractivity (Wildman–Crippen MR) is 70.9 cm³/mol. The molecule has 1 aromatic carbocycles. The molecule has 1 heterocycles. The molecule has 0 unspecified atom stereocenters. The summed E-state index contributed by atoms with van der Waals surface area (Å²) in [5.74, 6) is -2.03. The molecule has 0 aliphatic heterocycles. The summed E-state index contributed by atoms with van der Waals surface area (Å²) in [5, 5.41) is 0. The Morgan fingerprint density at radius 2 is 2.16 bits per heavy atom. The molecule has 0 amide bonds. The van der Waals surface area contributed by atoms with Gasteiger partial charge in [0.15, 0.2) is 11.6 Å². The molecule has 6 heteroatoms. The highest BCUT2D eigenvalue weighted by Crippen LogP contribution is 2.26. The van der Waals surface area contributed by atoms with Crippen LogP contribution in [0.25, 0.3) is 0 Å². The number of nitrogens with zero attached hydrogens (tertiary/aromatic N) is 2. The molecule has 2 rings (SSSR count). The van der Waals surface area contributed by atoms with E-state index in [4.69, 9.17) is 4.74 Å². The third kappa shape index (κ3) is 3.32. The molecule has 0 atom stereocenters. The van der Waals surface area contributed by atoms with E-state index in [1.54, 1.807) is 12.5 Å². The molecule has 19 heavy (non-hydrogen) atoms. The molecule has 0 aliphatic rings. The minimum absolute atomic E-state index is 0.115. The molecule has 0 saturated heterocycles. The van der Waals surface area contributed by atoms with Gasteiger partial charge in [0.2, 0.25) is 5.82 Å². The van der Waals surface area contributed by atoms with Gasteiger partial charge in [-0.15, -0.1) is 0 Å². The second-order valence-electron chi connectivity index (χ2n) is 4.07. The minimum Gasteiger partial charge on any atom is -0.484 e. The van der Waals surface area contributed by atoms with Gasteiger partial charge in [-0.2, -0.15) is 4.39 Å². The quantitative estimate of drug-likeness (QED) is 0.777. The van der Waals surface area contributed by atoms with Crippen LogP contribution in [0.5, 0.6) is 5.75 Å². The molecule has 0 fully saturated rings. The largest absolute Gasteiger partial charge is 0.484 e. The van der Waals surface area contributed by atoms with Crippen molar-refractivity contribution in [2.75, 3.05) is 0 Å². The first-order chi connectivity index (χ1) is 9.11. The van der Waals surface area contributed by atoms with E-state index in [0.29, 0.717) is 4.47 Å². The second-order valence-corrected chi connectivity index (χ2v) is 4.98. The summed E-state index contributed by atoms with van der Waals surface area (Å²) < 4.78 is 34.4. The topological polar surface area (TPSA) is 27.1 Å². The Morgan fingerprint density at radius 1 is 1.37 bits per heavy atom. The lowest BCUT2D eigenvalue weighted by molar-refractivity contribution is 0.275. The van der Waals surface area contributed by atoms with Gasteiger partial charge in [0.1, 0.15) is 6.61 Å².